The molecule has 3 rings (SSSR count). The highest BCUT2D eigenvalue weighted by atomic mass is 16.6. The molecule has 1 aromatic carbocycles. The van der Waals surface area contributed by atoms with Gasteiger partial charge in [0.25, 0.3) is 0 Å². The Morgan fingerprint density at radius 3 is 2.27 bits per heavy atom. The average molecular weight is 206 g/mol. The Balaban J connectivity index is 1.55. The molecule has 0 saturated carbocycles. The molecule has 2 saturated heterocycles. The maximum absolute atomic E-state index is 5.83. The van der Waals surface area contributed by atoms with Crippen LogP contribution in [0.15, 0.2) is 30.3 Å². The summed E-state index contributed by atoms with van der Waals surface area (Å²) >= 11 is 0. The van der Waals surface area contributed by atoms with E-state index in [-0.39, 0.29) is 18.3 Å². The number of benzene rings is 1. The molecule has 0 spiro atoms. The van der Waals surface area contributed by atoms with Crippen LogP contribution in [0.3, 0.4) is 0 Å². The fourth-order valence-electron chi connectivity index (χ4n) is 1.71. The van der Waals surface area contributed by atoms with Crippen molar-refractivity contribution in [3.63, 3.8) is 0 Å². The highest BCUT2D eigenvalue weighted by Gasteiger charge is 2.45. The molecule has 15 heavy (non-hydrogen) atoms. The van der Waals surface area contributed by atoms with Gasteiger partial charge in [0.05, 0.1) is 19.8 Å². The summed E-state index contributed by atoms with van der Waals surface area (Å²) in [5, 5.41) is 0. The Morgan fingerprint density at radius 2 is 1.73 bits per heavy atom. The van der Waals surface area contributed by atoms with Crippen LogP contribution in [0, 0.1) is 0 Å². The lowest BCUT2D eigenvalue weighted by Gasteiger charge is -2.12. The molecule has 0 aliphatic carbocycles. The van der Waals surface area contributed by atoms with Crippen molar-refractivity contribution in [2.45, 2.75) is 24.9 Å². The minimum Gasteiger partial charge on any atom is -0.370 e. The third-order valence-electron chi connectivity index (χ3n) is 2.74. The Kier molecular flexibility index (Phi) is 2.44. The molecular formula is C12H14O3. The maximum atomic E-state index is 5.83. The first-order valence-corrected chi connectivity index (χ1v) is 5.32. The van der Waals surface area contributed by atoms with Crippen molar-refractivity contribution in [2.75, 3.05) is 13.2 Å². The lowest BCUT2D eigenvalue weighted by atomic mass is 10.2. The van der Waals surface area contributed by atoms with Gasteiger partial charge in [-0.15, -0.1) is 0 Å². The summed E-state index contributed by atoms with van der Waals surface area (Å²) in [5.41, 5.74) is 1.20. The van der Waals surface area contributed by atoms with Crippen LogP contribution in [-0.2, 0) is 20.8 Å². The van der Waals surface area contributed by atoms with E-state index in [4.69, 9.17) is 14.2 Å². The second kappa shape index (κ2) is 3.93. The quantitative estimate of drug-likeness (QED) is 0.682. The molecule has 1 aromatic rings. The molecule has 80 valence electrons. The van der Waals surface area contributed by atoms with Crippen LogP contribution in [0.1, 0.15) is 5.56 Å². The van der Waals surface area contributed by atoms with Gasteiger partial charge in [0.2, 0.25) is 0 Å². The van der Waals surface area contributed by atoms with E-state index in [1.54, 1.807) is 0 Å². The fraction of sp³-hybridized carbons (Fsp3) is 0.500. The van der Waals surface area contributed by atoms with Gasteiger partial charge < -0.3 is 14.2 Å². The predicted octanol–water partition coefficient (Wildman–Crippen LogP) is 1.37. The zero-order valence-electron chi connectivity index (χ0n) is 8.46. The number of hydrogen-bond acceptors (Lipinski definition) is 3. The summed E-state index contributed by atoms with van der Waals surface area (Å²) in [6, 6.07) is 10.2. The van der Waals surface area contributed by atoms with Crippen LogP contribution < -0.4 is 0 Å². The van der Waals surface area contributed by atoms with Crippen LogP contribution in [0.4, 0.5) is 0 Å². The van der Waals surface area contributed by atoms with E-state index in [9.17, 15) is 0 Å². The van der Waals surface area contributed by atoms with Gasteiger partial charge in [-0.05, 0) is 5.56 Å². The summed E-state index contributed by atoms with van der Waals surface area (Å²) in [7, 11) is 0. The number of hydrogen-bond donors (Lipinski definition) is 0. The van der Waals surface area contributed by atoms with E-state index in [1.165, 1.54) is 5.56 Å². The molecule has 0 bridgehead atoms. The normalized spacial score (nSPS) is 28.1. The monoisotopic (exact) mass is 206 g/mol. The Morgan fingerprint density at radius 1 is 1.13 bits per heavy atom. The van der Waals surface area contributed by atoms with Gasteiger partial charge in [-0.2, -0.15) is 0 Å². The zero-order valence-corrected chi connectivity index (χ0v) is 8.46. The van der Waals surface area contributed by atoms with Crippen molar-refractivity contribution in [2.24, 2.45) is 0 Å². The molecule has 2 fully saturated rings. The van der Waals surface area contributed by atoms with E-state index in [0.717, 1.165) is 13.2 Å². The van der Waals surface area contributed by atoms with Gasteiger partial charge in [0.1, 0.15) is 18.3 Å². The third kappa shape index (κ3) is 2.37. The van der Waals surface area contributed by atoms with Crippen molar-refractivity contribution in [1.29, 1.82) is 0 Å². The Labute approximate surface area is 89.0 Å². The molecule has 2 heterocycles. The molecule has 0 radical (unpaired) electrons. The molecule has 0 aromatic heterocycles. The van der Waals surface area contributed by atoms with Gasteiger partial charge in [-0.3, -0.25) is 0 Å². The van der Waals surface area contributed by atoms with Gasteiger partial charge in [-0.1, -0.05) is 30.3 Å². The minimum absolute atomic E-state index is 0.130. The van der Waals surface area contributed by atoms with Crippen molar-refractivity contribution in [1.82, 2.24) is 0 Å². The van der Waals surface area contributed by atoms with Crippen molar-refractivity contribution in [3.8, 4) is 0 Å². The zero-order chi connectivity index (χ0) is 10.1. The fourth-order valence-corrected chi connectivity index (χ4v) is 1.71. The molecule has 0 N–H and O–H groups in total. The number of epoxide rings is 2. The SMILES string of the molecule is c1ccc(COC([C@@H]2CO2)[C@@H]2CO2)cc1. The van der Waals surface area contributed by atoms with E-state index in [2.05, 4.69) is 12.1 Å². The largest absolute Gasteiger partial charge is 0.370 e. The summed E-state index contributed by atoms with van der Waals surface area (Å²) in [6.07, 6.45) is 0.660. The van der Waals surface area contributed by atoms with Gasteiger partial charge in [-0.25, -0.2) is 0 Å². The Bertz CT molecular complexity index is 305. The topological polar surface area (TPSA) is 34.3 Å². The van der Waals surface area contributed by atoms with Crippen LogP contribution in [0.5, 0.6) is 0 Å². The predicted molar refractivity (Wildman–Crippen MR) is 54.5 cm³/mol. The van der Waals surface area contributed by atoms with Crippen LogP contribution in [0.25, 0.3) is 0 Å². The van der Waals surface area contributed by atoms with E-state index >= 15 is 0 Å². The first kappa shape index (κ1) is 9.33. The summed E-state index contributed by atoms with van der Waals surface area (Å²) < 4.78 is 16.3. The highest BCUT2D eigenvalue weighted by molar-refractivity contribution is 5.13. The lowest BCUT2D eigenvalue weighted by Crippen LogP contribution is -2.26. The van der Waals surface area contributed by atoms with Crippen LogP contribution in [0.2, 0.25) is 0 Å². The molecule has 3 heteroatoms. The first-order chi connectivity index (χ1) is 7.43. The standard InChI is InChI=1S/C12H14O3/c1-2-4-9(5-3-1)6-15-12(10-7-13-10)11-8-14-11/h1-5,10-12H,6-8H2/t10-,11-/m0/s1. The van der Waals surface area contributed by atoms with Crippen molar-refractivity contribution < 1.29 is 14.2 Å². The second-order valence-corrected chi connectivity index (χ2v) is 4.00. The van der Waals surface area contributed by atoms with E-state index in [0.29, 0.717) is 6.61 Å². The van der Waals surface area contributed by atoms with Crippen LogP contribution >= 0.6 is 0 Å². The molecule has 0 amide bonds. The van der Waals surface area contributed by atoms with Crippen LogP contribution in [-0.4, -0.2) is 31.5 Å². The van der Waals surface area contributed by atoms with Gasteiger partial charge in [0.15, 0.2) is 0 Å². The number of ether oxygens (including phenoxy) is 3. The third-order valence-corrected chi connectivity index (χ3v) is 2.74. The molecule has 0 unspecified atom stereocenters. The molecule has 2 aliphatic heterocycles. The first-order valence-electron chi connectivity index (χ1n) is 5.32. The van der Waals surface area contributed by atoms with Gasteiger partial charge in [0, 0.05) is 0 Å². The highest BCUT2D eigenvalue weighted by Crippen LogP contribution is 2.28. The molecular weight excluding hydrogens is 192 g/mol. The maximum Gasteiger partial charge on any atom is 0.115 e. The van der Waals surface area contributed by atoms with E-state index in [1.807, 2.05) is 18.2 Å². The number of rotatable bonds is 5. The van der Waals surface area contributed by atoms with E-state index < -0.39 is 0 Å². The van der Waals surface area contributed by atoms with Crippen molar-refractivity contribution >= 4 is 0 Å². The van der Waals surface area contributed by atoms with Gasteiger partial charge >= 0.3 is 0 Å². The second-order valence-electron chi connectivity index (χ2n) is 4.00. The minimum atomic E-state index is 0.130. The summed E-state index contributed by atoms with van der Waals surface area (Å²) in [4.78, 5) is 0. The Hall–Kier alpha value is -0.900. The molecule has 3 nitrogen and oxygen atoms in total. The molecule has 2 aliphatic rings. The summed E-state index contributed by atoms with van der Waals surface area (Å²) in [5.74, 6) is 0. The lowest BCUT2D eigenvalue weighted by molar-refractivity contribution is 0.00413. The average Bonchev–Trinajstić information content (AvgIpc) is 3.14. The summed E-state index contributed by atoms with van der Waals surface area (Å²) in [6.45, 7) is 2.28. The van der Waals surface area contributed by atoms with Crippen molar-refractivity contribution in [3.05, 3.63) is 35.9 Å². The smallest absolute Gasteiger partial charge is 0.115 e. The molecule has 2 atom stereocenters.